The van der Waals surface area contributed by atoms with Crippen LogP contribution < -0.4 is 0 Å². The van der Waals surface area contributed by atoms with Crippen molar-refractivity contribution >= 4 is 8.80 Å². The summed E-state index contributed by atoms with van der Waals surface area (Å²) >= 11 is 0. The number of hydrogen-bond donors (Lipinski definition) is 0. The lowest BCUT2D eigenvalue weighted by molar-refractivity contribution is -0.439. The van der Waals surface area contributed by atoms with Gasteiger partial charge in [-0.25, -0.2) is 0 Å². The van der Waals surface area contributed by atoms with Gasteiger partial charge in [0.1, 0.15) is 0 Å². The molecule has 1 unspecified atom stereocenters. The quantitative estimate of drug-likeness (QED) is 0.334. The lowest BCUT2D eigenvalue weighted by atomic mass is 9.93. The maximum Gasteiger partial charge on any atom is 0.460 e. The Morgan fingerprint density at radius 3 is 1.28 bits per heavy atom. The van der Waals surface area contributed by atoms with Gasteiger partial charge in [0.05, 0.1) is 0 Å². The van der Waals surface area contributed by atoms with Crippen molar-refractivity contribution in [2.45, 2.75) is 67.8 Å². The van der Waals surface area contributed by atoms with Gasteiger partial charge >= 0.3 is 35.8 Å². The maximum absolute atomic E-state index is 13.3. The monoisotopic (exact) mass is 420 g/mol. The maximum atomic E-state index is 13.3. The standard InChI is InChI=1S/C11H13F13Si/c1-3-25(2)5-4-6(12,13)7(14,15)8(16,17)9(18,19)10(20,21)11(22,23)24/h25H,3-5H2,1-2H3. The molecule has 0 aliphatic carbocycles. The predicted molar refractivity (Wildman–Crippen MR) is 63.7 cm³/mol. The van der Waals surface area contributed by atoms with Gasteiger partial charge in [-0.2, -0.15) is 57.1 Å². The van der Waals surface area contributed by atoms with Crippen molar-refractivity contribution < 1.29 is 57.1 Å². The molecule has 0 N–H and O–H groups in total. The number of rotatable bonds is 8. The molecule has 0 saturated heterocycles. The first-order chi connectivity index (χ1) is 10.7. The van der Waals surface area contributed by atoms with Crippen LogP contribution in [0.2, 0.25) is 18.6 Å². The Balaban J connectivity index is 5.95. The molecule has 0 amide bonds. The zero-order chi connectivity index (χ0) is 20.7. The predicted octanol–water partition coefficient (Wildman–Crippen LogP) is 5.99. The summed E-state index contributed by atoms with van der Waals surface area (Å²) in [5, 5.41) is 0. The van der Waals surface area contributed by atoms with Gasteiger partial charge in [-0.05, 0) is 0 Å². The zero-order valence-corrected chi connectivity index (χ0v) is 13.8. The third kappa shape index (κ3) is 3.87. The second-order valence-corrected chi connectivity index (χ2v) is 9.16. The van der Waals surface area contributed by atoms with E-state index in [4.69, 9.17) is 0 Å². The minimum atomic E-state index is -7.81. The van der Waals surface area contributed by atoms with Gasteiger partial charge in [-0.15, -0.1) is 0 Å². The van der Waals surface area contributed by atoms with Crippen molar-refractivity contribution in [2.75, 3.05) is 0 Å². The van der Waals surface area contributed by atoms with Gasteiger partial charge in [0, 0.05) is 15.2 Å². The molecule has 0 radical (unpaired) electrons. The SMILES string of the molecule is CC[SiH](C)CCC(F)(F)C(F)(F)C(F)(F)C(F)(F)C(F)(F)C(F)(F)F. The second-order valence-electron chi connectivity index (χ2n) is 5.55. The fourth-order valence-electron chi connectivity index (χ4n) is 1.59. The minimum absolute atomic E-state index is 0.250. The van der Waals surface area contributed by atoms with Crippen LogP contribution in [0.1, 0.15) is 13.3 Å². The third-order valence-electron chi connectivity index (χ3n) is 3.65. The molecule has 0 aliphatic rings. The zero-order valence-electron chi connectivity index (χ0n) is 12.6. The van der Waals surface area contributed by atoms with E-state index in [1.54, 1.807) is 0 Å². The average Bonchev–Trinajstić information content (AvgIpc) is 2.42. The van der Waals surface area contributed by atoms with Crippen molar-refractivity contribution in [2.24, 2.45) is 0 Å². The van der Waals surface area contributed by atoms with Gasteiger partial charge in [-0.1, -0.05) is 25.6 Å². The van der Waals surface area contributed by atoms with Crippen LogP contribution in [-0.4, -0.2) is 44.6 Å². The molecule has 0 heterocycles. The molecule has 25 heavy (non-hydrogen) atoms. The molecule has 0 rings (SSSR count). The van der Waals surface area contributed by atoms with Crippen molar-refractivity contribution in [3.63, 3.8) is 0 Å². The lowest BCUT2D eigenvalue weighted by Gasteiger charge is -2.39. The molecule has 0 aromatic heterocycles. The summed E-state index contributed by atoms with van der Waals surface area (Å²) in [6, 6.07) is -0.489. The van der Waals surface area contributed by atoms with E-state index < -0.39 is 57.1 Å². The number of alkyl halides is 13. The first-order valence-corrected chi connectivity index (χ1v) is 9.45. The fourth-order valence-corrected chi connectivity index (χ4v) is 2.85. The summed E-state index contributed by atoms with van der Waals surface area (Å²) in [6.07, 6.45) is -9.42. The van der Waals surface area contributed by atoms with Crippen molar-refractivity contribution in [3.8, 4) is 0 Å². The van der Waals surface area contributed by atoms with Crippen LogP contribution in [0.3, 0.4) is 0 Å². The van der Waals surface area contributed by atoms with Crippen LogP contribution in [-0.2, 0) is 0 Å². The molecule has 0 saturated carbocycles. The third-order valence-corrected chi connectivity index (χ3v) is 6.31. The molecule has 0 spiro atoms. The van der Waals surface area contributed by atoms with Gasteiger partial charge in [0.15, 0.2) is 0 Å². The van der Waals surface area contributed by atoms with Crippen LogP contribution in [0.4, 0.5) is 57.1 Å². The molecule has 0 bridgehead atoms. The molecule has 0 nitrogen and oxygen atoms in total. The Morgan fingerprint density at radius 1 is 0.600 bits per heavy atom. The summed E-state index contributed by atoms with van der Waals surface area (Å²) in [4.78, 5) is 0. The molecule has 0 fully saturated rings. The molecular formula is C11H13F13Si. The second kappa shape index (κ2) is 6.80. The van der Waals surface area contributed by atoms with Crippen LogP contribution in [0.25, 0.3) is 0 Å². The largest absolute Gasteiger partial charge is 0.460 e. The Morgan fingerprint density at radius 2 is 0.960 bits per heavy atom. The number of hydrogen-bond acceptors (Lipinski definition) is 0. The van der Waals surface area contributed by atoms with Crippen LogP contribution in [0, 0.1) is 0 Å². The van der Waals surface area contributed by atoms with E-state index >= 15 is 0 Å². The summed E-state index contributed by atoms with van der Waals surface area (Å²) < 4.78 is 166. The lowest BCUT2D eigenvalue weighted by Crippen LogP contribution is -2.70. The fraction of sp³-hybridized carbons (Fsp3) is 1.00. The highest BCUT2D eigenvalue weighted by atomic mass is 28.3. The molecule has 0 aliphatic heterocycles. The molecule has 14 heteroatoms. The molecule has 0 aromatic carbocycles. The van der Waals surface area contributed by atoms with E-state index in [1.165, 1.54) is 13.5 Å². The Labute approximate surface area is 135 Å². The summed E-state index contributed by atoms with van der Waals surface area (Å²) in [7, 11) is -2.08. The molecule has 0 aromatic rings. The highest BCUT2D eigenvalue weighted by Gasteiger charge is 2.90. The Kier molecular flexibility index (Phi) is 6.61. The molecule has 152 valence electrons. The van der Waals surface area contributed by atoms with Crippen LogP contribution in [0.15, 0.2) is 0 Å². The first kappa shape index (κ1) is 24.3. The number of halogens is 13. The Bertz CT molecular complexity index is 453. The van der Waals surface area contributed by atoms with Crippen LogP contribution >= 0.6 is 0 Å². The minimum Gasteiger partial charge on any atom is -0.200 e. The topological polar surface area (TPSA) is 0 Å². The van der Waals surface area contributed by atoms with E-state index in [2.05, 4.69) is 0 Å². The first-order valence-electron chi connectivity index (χ1n) is 6.66. The molecule has 1 atom stereocenters. The smallest absolute Gasteiger partial charge is 0.200 e. The van der Waals surface area contributed by atoms with E-state index in [0.29, 0.717) is 0 Å². The van der Waals surface area contributed by atoms with Crippen molar-refractivity contribution in [3.05, 3.63) is 0 Å². The average molecular weight is 420 g/mol. The molecular weight excluding hydrogens is 407 g/mol. The van der Waals surface area contributed by atoms with Gasteiger partial charge in [0.25, 0.3) is 0 Å². The van der Waals surface area contributed by atoms with Gasteiger partial charge in [0.2, 0.25) is 0 Å². The highest BCUT2D eigenvalue weighted by Crippen LogP contribution is 2.60. The summed E-state index contributed by atoms with van der Waals surface area (Å²) in [6.45, 7) is 2.82. The van der Waals surface area contributed by atoms with Gasteiger partial charge in [-0.3, -0.25) is 0 Å². The van der Waals surface area contributed by atoms with E-state index in [0.717, 1.165) is 0 Å². The van der Waals surface area contributed by atoms with E-state index in [9.17, 15) is 57.1 Å². The normalized spacial score (nSPS) is 16.9. The van der Waals surface area contributed by atoms with Crippen molar-refractivity contribution in [1.82, 2.24) is 0 Å². The van der Waals surface area contributed by atoms with E-state index in [-0.39, 0.29) is 6.04 Å². The van der Waals surface area contributed by atoms with Gasteiger partial charge < -0.3 is 0 Å². The summed E-state index contributed by atoms with van der Waals surface area (Å²) in [5.74, 6) is -36.2. The Hall–Kier alpha value is -0.693. The van der Waals surface area contributed by atoms with Crippen molar-refractivity contribution in [1.29, 1.82) is 0 Å². The summed E-state index contributed by atoms with van der Waals surface area (Å²) in [5.41, 5.74) is 0. The van der Waals surface area contributed by atoms with E-state index in [1.807, 2.05) is 0 Å². The van der Waals surface area contributed by atoms with Crippen LogP contribution in [0.5, 0.6) is 0 Å². The highest BCUT2D eigenvalue weighted by molar-refractivity contribution is 6.57.